The first-order valence-corrected chi connectivity index (χ1v) is 10.9. The number of methoxy groups -OCH3 is 1. The Balaban J connectivity index is 1.79. The summed E-state index contributed by atoms with van der Waals surface area (Å²) in [5, 5.41) is 10.8. The summed E-state index contributed by atoms with van der Waals surface area (Å²) in [7, 11) is 1.63. The molecule has 0 aliphatic rings. The van der Waals surface area contributed by atoms with Gasteiger partial charge in [0.1, 0.15) is 11.5 Å². The predicted octanol–water partition coefficient (Wildman–Crippen LogP) is 4.66. The van der Waals surface area contributed by atoms with Gasteiger partial charge in [0.05, 0.1) is 39.1 Å². The Morgan fingerprint density at radius 1 is 0.903 bits per heavy atom. The van der Waals surface area contributed by atoms with Crippen LogP contribution in [0.5, 0.6) is 5.75 Å². The molecule has 5 nitrogen and oxygen atoms in total. The van der Waals surface area contributed by atoms with E-state index in [1.165, 1.54) is 0 Å². The number of aliphatic hydroxyl groups is 1. The van der Waals surface area contributed by atoms with E-state index in [4.69, 9.17) is 14.2 Å². The number of ketones is 1. The van der Waals surface area contributed by atoms with E-state index >= 15 is 0 Å². The average molecular weight is 429 g/mol. The van der Waals surface area contributed by atoms with Crippen molar-refractivity contribution in [3.63, 3.8) is 0 Å². The summed E-state index contributed by atoms with van der Waals surface area (Å²) in [6.07, 6.45) is -0.980. The van der Waals surface area contributed by atoms with Crippen LogP contribution in [0.4, 0.5) is 0 Å². The van der Waals surface area contributed by atoms with Crippen molar-refractivity contribution < 1.29 is 24.1 Å². The van der Waals surface area contributed by atoms with Crippen LogP contribution in [-0.4, -0.2) is 36.8 Å². The van der Waals surface area contributed by atoms with Gasteiger partial charge in [-0.3, -0.25) is 4.79 Å². The molecule has 0 spiro atoms. The minimum atomic E-state index is -0.782. The number of Topliss-reactive ketones (excluding diaryl/α,β-unsaturated/α-hetero) is 1. The minimum Gasteiger partial charge on any atom is -0.497 e. The van der Waals surface area contributed by atoms with Crippen molar-refractivity contribution in [3.8, 4) is 5.75 Å². The number of benzene rings is 2. The standard InChI is InChI=1S/C26H36O5/c1-18(15-30-16-22-9-7-6-8-10-22)25(27)20(3)26(28)19(2)21(4)31-17-23-11-13-24(29-5)14-12-23/h6-14,18-21,26,28H,15-17H2,1-5H3/t18-,19+,20+,21+,26-/m0/s1. The molecular weight excluding hydrogens is 392 g/mol. The fourth-order valence-corrected chi connectivity index (χ4v) is 3.46. The molecule has 1 N–H and O–H groups in total. The molecule has 0 fully saturated rings. The molecule has 0 aliphatic carbocycles. The first-order chi connectivity index (χ1) is 14.8. The van der Waals surface area contributed by atoms with E-state index in [0.29, 0.717) is 19.8 Å². The molecule has 0 bridgehead atoms. The van der Waals surface area contributed by atoms with Crippen molar-refractivity contribution in [2.24, 2.45) is 17.8 Å². The van der Waals surface area contributed by atoms with Gasteiger partial charge in [-0.25, -0.2) is 0 Å². The first kappa shape index (κ1) is 25.1. The van der Waals surface area contributed by atoms with Crippen LogP contribution in [0.1, 0.15) is 38.8 Å². The lowest BCUT2D eigenvalue weighted by atomic mass is 9.84. The molecule has 0 radical (unpaired) electrons. The first-order valence-electron chi connectivity index (χ1n) is 10.9. The second-order valence-corrected chi connectivity index (χ2v) is 8.31. The third-order valence-electron chi connectivity index (χ3n) is 5.88. The second kappa shape index (κ2) is 12.6. The summed E-state index contributed by atoms with van der Waals surface area (Å²) in [5.74, 6) is -0.146. The summed E-state index contributed by atoms with van der Waals surface area (Å²) < 4.78 is 16.8. The number of hydrogen-bond donors (Lipinski definition) is 1. The zero-order valence-electron chi connectivity index (χ0n) is 19.3. The van der Waals surface area contributed by atoms with E-state index in [1.54, 1.807) is 14.0 Å². The predicted molar refractivity (Wildman–Crippen MR) is 122 cm³/mol. The molecule has 0 saturated carbocycles. The molecule has 0 aromatic heterocycles. The van der Waals surface area contributed by atoms with Crippen LogP contribution in [0.15, 0.2) is 54.6 Å². The Bertz CT molecular complexity index is 774. The van der Waals surface area contributed by atoms with E-state index in [9.17, 15) is 9.90 Å². The van der Waals surface area contributed by atoms with Gasteiger partial charge in [0.2, 0.25) is 0 Å². The van der Waals surface area contributed by atoms with Crippen LogP contribution in [0, 0.1) is 17.8 Å². The molecule has 0 saturated heterocycles. The third-order valence-corrected chi connectivity index (χ3v) is 5.88. The monoisotopic (exact) mass is 428 g/mol. The largest absolute Gasteiger partial charge is 0.497 e. The Labute approximate surface area is 186 Å². The van der Waals surface area contributed by atoms with Gasteiger partial charge in [0.15, 0.2) is 0 Å². The average Bonchev–Trinajstić information content (AvgIpc) is 2.81. The van der Waals surface area contributed by atoms with Crippen LogP contribution in [0.2, 0.25) is 0 Å². The summed E-state index contributed by atoms with van der Waals surface area (Å²) in [5.41, 5.74) is 2.11. The van der Waals surface area contributed by atoms with E-state index in [2.05, 4.69) is 0 Å². The molecule has 2 aromatic rings. The molecule has 2 rings (SSSR count). The number of ether oxygens (including phenoxy) is 3. The maximum absolute atomic E-state index is 12.8. The number of carbonyl (C=O) groups excluding carboxylic acids is 1. The van der Waals surface area contributed by atoms with Crippen LogP contribution in [-0.2, 0) is 27.5 Å². The fraction of sp³-hybridized carbons (Fsp3) is 0.500. The van der Waals surface area contributed by atoms with Crippen LogP contribution >= 0.6 is 0 Å². The summed E-state index contributed by atoms with van der Waals surface area (Å²) in [6, 6.07) is 17.6. The normalized spacial score (nSPS) is 16.2. The highest BCUT2D eigenvalue weighted by Crippen LogP contribution is 2.23. The number of carbonyl (C=O) groups is 1. The summed E-state index contributed by atoms with van der Waals surface area (Å²) >= 11 is 0. The molecule has 0 amide bonds. The highest BCUT2D eigenvalue weighted by Gasteiger charge is 2.32. The smallest absolute Gasteiger partial charge is 0.143 e. The molecule has 0 unspecified atom stereocenters. The molecular formula is C26H36O5. The third kappa shape index (κ3) is 7.76. The Morgan fingerprint density at radius 2 is 1.52 bits per heavy atom. The zero-order valence-corrected chi connectivity index (χ0v) is 19.3. The van der Waals surface area contributed by atoms with Crippen molar-refractivity contribution in [2.75, 3.05) is 13.7 Å². The number of aliphatic hydroxyl groups excluding tert-OH is 1. The van der Waals surface area contributed by atoms with Gasteiger partial charge in [-0.1, -0.05) is 63.2 Å². The summed E-state index contributed by atoms with van der Waals surface area (Å²) in [6.45, 7) is 8.74. The van der Waals surface area contributed by atoms with Gasteiger partial charge in [0.25, 0.3) is 0 Å². The van der Waals surface area contributed by atoms with Crippen LogP contribution in [0.25, 0.3) is 0 Å². The lowest BCUT2D eigenvalue weighted by Crippen LogP contribution is -2.39. The number of hydrogen-bond acceptors (Lipinski definition) is 5. The second-order valence-electron chi connectivity index (χ2n) is 8.31. The Morgan fingerprint density at radius 3 is 2.13 bits per heavy atom. The van der Waals surface area contributed by atoms with E-state index in [-0.39, 0.29) is 23.7 Å². The van der Waals surface area contributed by atoms with Gasteiger partial charge in [0, 0.05) is 17.8 Å². The van der Waals surface area contributed by atoms with E-state index in [1.807, 2.05) is 75.4 Å². The zero-order chi connectivity index (χ0) is 22.8. The number of rotatable bonds is 13. The molecule has 5 atom stereocenters. The maximum Gasteiger partial charge on any atom is 0.143 e. The molecule has 5 heteroatoms. The highest BCUT2D eigenvalue weighted by atomic mass is 16.5. The lowest BCUT2D eigenvalue weighted by molar-refractivity contribution is -0.134. The van der Waals surface area contributed by atoms with Crippen molar-refractivity contribution in [1.82, 2.24) is 0 Å². The van der Waals surface area contributed by atoms with Crippen molar-refractivity contribution >= 4 is 5.78 Å². The molecule has 0 aliphatic heterocycles. The Hall–Kier alpha value is -2.21. The van der Waals surface area contributed by atoms with Crippen LogP contribution in [0.3, 0.4) is 0 Å². The van der Waals surface area contributed by atoms with Crippen LogP contribution < -0.4 is 4.74 Å². The van der Waals surface area contributed by atoms with E-state index in [0.717, 1.165) is 16.9 Å². The van der Waals surface area contributed by atoms with Crippen molar-refractivity contribution in [3.05, 3.63) is 65.7 Å². The van der Waals surface area contributed by atoms with Gasteiger partial charge < -0.3 is 19.3 Å². The maximum atomic E-state index is 12.8. The van der Waals surface area contributed by atoms with Crippen molar-refractivity contribution in [2.45, 2.75) is 53.1 Å². The molecule has 31 heavy (non-hydrogen) atoms. The van der Waals surface area contributed by atoms with Crippen molar-refractivity contribution in [1.29, 1.82) is 0 Å². The molecule has 0 heterocycles. The fourth-order valence-electron chi connectivity index (χ4n) is 3.46. The quantitative estimate of drug-likeness (QED) is 0.503. The van der Waals surface area contributed by atoms with E-state index < -0.39 is 12.0 Å². The van der Waals surface area contributed by atoms with Gasteiger partial charge in [-0.15, -0.1) is 0 Å². The van der Waals surface area contributed by atoms with Gasteiger partial charge >= 0.3 is 0 Å². The lowest BCUT2D eigenvalue weighted by Gasteiger charge is -2.30. The summed E-state index contributed by atoms with van der Waals surface area (Å²) in [4.78, 5) is 12.8. The van der Waals surface area contributed by atoms with Gasteiger partial charge in [-0.2, -0.15) is 0 Å². The highest BCUT2D eigenvalue weighted by molar-refractivity contribution is 5.83. The topological polar surface area (TPSA) is 65.0 Å². The molecule has 170 valence electrons. The SMILES string of the molecule is COc1ccc(CO[C@H](C)[C@@H](C)[C@H](O)[C@H](C)C(=O)[C@@H](C)COCc2ccccc2)cc1. The minimum absolute atomic E-state index is 0.00904. The molecule has 2 aromatic carbocycles. The Kier molecular flexibility index (Phi) is 10.2. The van der Waals surface area contributed by atoms with Gasteiger partial charge in [-0.05, 0) is 30.2 Å².